The minimum absolute atomic E-state index is 0.155. The molecule has 1 fully saturated rings. The largest absolute Gasteiger partial charge is 0.493 e. The summed E-state index contributed by atoms with van der Waals surface area (Å²) in [7, 11) is 1.56. The van der Waals surface area contributed by atoms with E-state index >= 15 is 0 Å². The van der Waals surface area contributed by atoms with Crippen LogP contribution in [0.15, 0.2) is 36.7 Å². The number of methoxy groups -OCH3 is 1. The number of nitrogens with zero attached hydrogens (tertiary/aromatic N) is 3. The summed E-state index contributed by atoms with van der Waals surface area (Å²) in [5.74, 6) is 0.335. The zero-order valence-corrected chi connectivity index (χ0v) is 19.1. The molecule has 4 heterocycles. The van der Waals surface area contributed by atoms with Gasteiger partial charge in [-0.1, -0.05) is 17.7 Å². The molecule has 1 aliphatic heterocycles. The molecule has 0 unspecified atom stereocenters. The second-order valence-electron chi connectivity index (χ2n) is 8.24. The van der Waals surface area contributed by atoms with Crippen LogP contribution in [0.1, 0.15) is 28.9 Å². The Morgan fingerprint density at radius 2 is 2.09 bits per heavy atom. The van der Waals surface area contributed by atoms with Crippen molar-refractivity contribution in [2.24, 2.45) is 0 Å². The number of fused-ring (bicyclic) bond motifs is 2. The highest BCUT2D eigenvalue weighted by molar-refractivity contribution is 6.32. The van der Waals surface area contributed by atoms with Crippen LogP contribution < -0.4 is 20.1 Å². The monoisotopic (exact) mass is 476 g/mol. The standard InChI is InChI=1S/C24H21ClN6O3/c1-33-22-14(25)3-2-4-16(22)30-21-18-15(8-10-27-23(18)32)29-20(21)13-7-9-26-17-11-28-24(31-19(13)17)34-12-5-6-12/h2-4,7,9,11-12,29-30H,5-6,8,10H2,1H3,(H,27,32). The number of carbonyl (C=O) groups is 1. The Bertz CT molecular complexity index is 1430. The Hall–Kier alpha value is -3.85. The highest BCUT2D eigenvalue weighted by Gasteiger charge is 2.29. The molecule has 1 saturated carbocycles. The smallest absolute Gasteiger partial charge is 0.317 e. The van der Waals surface area contributed by atoms with Crippen LogP contribution in [0.2, 0.25) is 5.02 Å². The maximum Gasteiger partial charge on any atom is 0.317 e. The van der Waals surface area contributed by atoms with Crippen molar-refractivity contribution in [1.29, 1.82) is 0 Å². The molecule has 1 aliphatic carbocycles. The number of anilines is 2. The molecule has 3 aromatic heterocycles. The number of aromatic nitrogens is 4. The van der Waals surface area contributed by atoms with E-state index in [1.165, 1.54) is 0 Å². The molecule has 10 heteroatoms. The van der Waals surface area contributed by atoms with Crippen molar-refractivity contribution in [3.8, 4) is 23.0 Å². The van der Waals surface area contributed by atoms with Crippen LogP contribution in [0, 0.1) is 0 Å². The van der Waals surface area contributed by atoms with E-state index < -0.39 is 0 Å². The number of halogens is 1. The van der Waals surface area contributed by atoms with Crippen LogP contribution in [0.5, 0.6) is 11.8 Å². The second kappa shape index (κ2) is 8.18. The number of amides is 1. The van der Waals surface area contributed by atoms with Gasteiger partial charge >= 0.3 is 6.01 Å². The molecule has 172 valence electrons. The van der Waals surface area contributed by atoms with E-state index in [1.807, 2.05) is 18.2 Å². The Morgan fingerprint density at radius 3 is 2.91 bits per heavy atom. The van der Waals surface area contributed by atoms with Gasteiger partial charge in [-0.15, -0.1) is 0 Å². The number of ether oxygens (including phenoxy) is 2. The van der Waals surface area contributed by atoms with Gasteiger partial charge in [0, 0.05) is 30.4 Å². The number of rotatable bonds is 6. The Morgan fingerprint density at radius 1 is 1.21 bits per heavy atom. The predicted molar refractivity (Wildman–Crippen MR) is 128 cm³/mol. The number of H-pyrrole nitrogens is 1. The topological polar surface area (TPSA) is 114 Å². The Balaban J connectivity index is 1.54. The summed E-state index contributed by atoms with van der Waals surface area (Å²) in [6.07, 6.45) is 6.23. The molecule has 9 nitrogen and oxygen atoms in total. The van der Waals surface area contributed by atoms with Crippen molar-refractivity contribution in [2.45, 2.75) is 25.4 Å². The molecule has 0 bridgehead atoms. The lowest BCUT2D eigenvalue weighted by molar-refractivity contribution is 0.0947. The Kier molecular flexibility index (Phi) is 4.99. The number of para-hydroxylation sites is 1. The van der Waals surface area contributed by atoms with Gasteiger partial charge in [0.1, 0.15) is 17.1 Å². The average Bonchev–Trinajstić information content (AvgIpc) is 3.58. The van der Waals surface area contributed by atoms with Crippen molar-refractivity contribution in [3.05, 3.63) is 52.9 Å². The lowest BCUT2D eigenvalue weighted by atomic mass is 10.0. The molecule has 1 amide bonds. The minimum atomic E-state index is -0.155. The maximum atomic E-state index is 12.9. The summed E-state index contributed by atoms with van der Waals surface area (Å²) in [4.78, 5) is 29.8. The highest BCUT2D eigenvalue weighted by atomic mass is 35.5. The van der Waals surface area contributed by atoms with Crippen LogP contribution in [0.4, 0.5) is 11.4 Å². The summed E-state index contributed by atoms with van der Waals surface area (Å²) >= 11 is 6.35. The van der Waals surface area contributed by atoms with Crippen molar-refractivity contribution in [3.63, 3.8) is 0 Å². The van der Waals surface area contributed by atoms with Gasteiger partial charge in [0.15, 0.2) is 5.75 Å². The molecular weight excluding hydrogens is 456 g/mol. The first-order valence-electron chi connectivity index (χ1n) is 11.0. The molecule has 0 saturated heterocycles. The third-order valence-corrected chi connectivity index (χ3v) is 6.22. The zero-order chi connectivity index (χ0) is 23.2. The first kappa shape index (κ1) is 20.7. The fraction of sp³-hybridized carbons (Fsp3) is 0.250. The number of benzene rings is 1. The number of carbonyl (C=O) groups excluding carboxylic acids is 1. The van der Waals surface area contributed by atoms with E-state index in [4.69, 9.17) is 21.1 Å². The third-order valence-electron chi connectivity index (χ3n) is 5.92. The number of hydrogen-bond acceptors (Lipinski definition) is 7. The van der Waals surface area contributed by atoms with Gasteiger partial charge < -0.3 is 25.1 Å². The van der Waals surface area contributed by atoms with Crippen molar-refractivity contribution in [1.82, 2.24) is 25.3 Å². The first-order chi connectivity index (χ1) is 16.6. The summed E-state index contributed by atoms with van der Waals surface area (Å²) in [5.41, 5.74) is 5.40. The van der Waals surface area contributed by atoms with Gasteiger partial charge in [0.2, 0.25) is 0 Å². The van der Waals surface area contributed by atoms with Gasteiger partial charge in [0.25, 0.3) is 5.91 Å². The van der Waals surface area contributed by atoms with Crippen molar-refractivity contribution < 1.29 is 14.3 Å². The predicted octanol–water partition coefficient (Wildman–Crippen LogP) is 4.25. The van der Waals surface area contributed by atoms with Crippen molar-refractivity contribution >= 4 is 39.9 Å². The number of nitrogens with one attached hydrogen (secondary N) is 3. The van der Waals surface area contributed by atoms with Gasteiger partial charge in [-0.3, -0.25) is 9.78 Å². The van der Waals surface area contributed by atoms with Crippen molar-refractivity contribution in [2.75, 3.05) is 19.0 Å². The summed E-state index contributed by atoms with van der Waals surface area (Å²) in [6.45, 7) is 0.560. The number of pyridine rings is 1. The van der Waals surface area contributed by atoms with Gasteiger partial charge in [-0.25, -0.2) is 4.98 Å². The molecule has 6 rings (SSSR count). The fourth-order valence-corrected chi connectivity index (χ4v) is 4.42. The van der Waals surface area contributed by atoms with E-state index in [0.717, 1.165) is 24.1 Å². The van der Waals surface area contributed by atoms with E-state index in [0.29, 0.717) is 63.4 Å². The highest BCUT2D eigenvalue weighted by Crippen LogP contribution is 2.42. The molecular formula is C24H21ClN6O3. The van der Waals surface area contributed by atoms with E-state index in [9.17, 15) is 4.79 Å². The maximum absolute atomic E-state index is 12.9. The molecule has 0 radical (unpaired) electrons. The second-order valence-corrected chi connectivity index (χ2v) is 8.65. The lowest BCUT2D eigenvalue weighted by Crippen LogP contribution is -2.31. The van der Waals surface area contributed by atoms with Crippen LogP contribution >= 0.6 is 11.6 Å². The van der Waals surface area contributed by atoms with Gasteiger partial charge in [-0.2, -0.15) is 4.98 Å². The van der Waals surface area contributed by atoms with E-state index in [-0.39, 0.29) is 12.0 Å². The zero-order valence-electron chi connectivity index (χ0n) is 18.3. The van der Waals surface area contributed by atoms with Crippen LogP contribution in [0.3, 0.4) is 0 Å². The first-order valence-corrected chi connectivity index (χ1v) is 11.4. The van der Waals surface area contributed by atoms with Gasteiger partial charge in [0.05, 0.1) is 41.0 Å². The SMILES string of the molecule is COc1c(Cl)cccc1Nc1c(-c2ccnc3cnc(OC4CC4)nc23)[nH]c2c1C(=O)NCC2. The molecule has 2 aliphatic rings. The quantitative estimate of drug-likeness (QED) is 0.381. The minimum Gasteiger partial charge on any atom is -0.493 e. The van der Waals surface area contributed by atoms with Crippen LogP contribution in [0.25, 0.3) is 22.3 Å². The fourth-order valence-electron chi connectivity index (χ4n) is 4.17. The molecule has 1 aromatic carbocycles. The van der Waals surface area contributed by atoms with E-state index in [2.05, 4.69) is 30.6 Å². The molecule has 3 N–H and O–H groups in total. The number of hydrogen-bond donors (Lipinski definition) is 3. The average molecular weight is 477 g/mol. The molecule has 0 atom stereocenters. The Labute approximate surface area is 199 Å². The van der Waals surface area contributed by atoms with Crippen LogP contribution in [-0.2, 0) is 6.42 Å². The number of aromatic amines is 1. The van der Waals surface area contributed by atoms with E-state index in [1.54, 1.807) is 25.6 Å². The molecule has 4 aromatic rings. The molecule has 34 heavy (non-hydrogen) atoms. The normalized spacial score (nSPS) is 15.1. The molecule has 0 spiro atoms. The summed E-state index contributed by atoms with van der Waals surface area (Å²) < 4.78 is 11.3. The lowest BCUT2D eigenvalue weighted by Gasteiger charge is -2.17. The van der Waals surface area contributed by atoms with Crippen LogP contribution in [-0.4, -0.2) is 45.6 Å². The van der Waals surface area contributed by atoms with Gasteiger partial charge in [-0.05, 0) is 31.0 Å². The summed E-state index contributed by atoms with van der Waals surface area (Å²) in [6, 6.07) is 7.61. The summed E-state index contributed by atoms with van der Waals surface area (Å²) in [5, 5.41) is 6.79. The third kappa shape index (κ3) is 3.58.